The highest BCUT2D eigenvalue weighted by molar-refractivity contribution is 6.29. The molecule has 5 nitrogen and oxygen atoms in total. The van der Waals surface area contributed by atoms with Crippen molar-refractivity contribution in [2.75, 3.05) is 39.3 Å². The van der Waals surface area contributed by atoms with E-state index in [1.54, 1.807) is 6.20 Å². The van der Waals surface area contributed by atoms with Crippen molar-refractivity contribution in [2.24, 2.45) is 7.05 Å². The summed E-state index contributed by atoms with van der Waals surface area (Å²) in [7, 11) is 1.97. The Bertz CT molecular complexity index is 407. The van der Waals surface area contributed by atoms with Crippen LogP contribution in [0.4, 0.5) is 0 Å². The van der Waals surface area contributed by atoms with Crippen molar-refractivity contribution in [1.82, 2.24) is 24.7 Å². The van der Waals surface area contributed by atoms with Gasteiger partial charge < -0.3 is 9.88 Å². The number of imidazole rings is 1. The van der Waals surface area contributed by atoms with Crippen molar-refractivity contribution in [3.05, 3.63) is 17.2 Å². The molecule has 0 spiro atoms. The number of hydrogen-bond acceptors (Lipinski definition) is 4. The molecule has 2 fully saturated rings. The van der Waals surface area contributed by atoms with E-state index in [9.17, 15) is 0 Å². The van der Waals surface area contributed by atoms with Gasteiger partial charge in [0.2, 0.25) is 0 Å². The minimum absolute atomic E-state index is 0.712. The molecule has 0 aliphatic carbocycles. The van der Waals surface area contributed by atoms with Crippen LogP contribution in [0.3, 0.4) is 0 Å². The van der Waals surface area contributed by atoms with E-state index in [1.165, 1.54) is 13.1 Å². The molecule has 2 aliphatic rings. The minimum atomic E-state index is 0.712. The number of halogens is 1. The lowest BCUT2D eigenvalue weighted by Crippen LogP contribution is -2.62. The number of rotatable bonds is 3. The van der Waals surface area contributed by atoms with Crippen LogP contribution in [0.2, 0.25) is 5.15 Å². The van der Waals surface area contributed by atoms with Gasteiger partial charge in [0.25, 0.3) is 0 Å². The second kappa shape index (κ2) is 5.17. The van der Waals surface area contributed by atoms with Crippen molar-refractivity contribution >= 4 is 11.6 Å². The van der Waals surface area contributed by atoms with Gasteiger partial charge in [-0.15, -0.1) is 0 Å². The van der Waals surface area contributed by atoms with E-state index in [2.05, 4.69) is 20.1 Å². The molecule has 1 aromatic rings. The highest BCUT2D eigenvalue weighted by atomic mass is 35.5. The van der Waals surface area contributed by atoms with Crippen molar-refractivity contribution < 1.29 is 0 Å². The Balaban J connectivity index is 1.49. The number of piperazine rings is 1. The number of nitrogens with zero attached hydrogens (tertiary/aromatic N) is 4. The van der Waals surface area contributed by atoms with Crippen LogP contribution < -0.4 is 5.32 Å². The summed E-state index contributed by atoms with van der Waals surface area (Å²) in [6.07, 6.45) is 1.73. The SMILES string of the molecule is Cn1c(Cl)cnc1CN1CC(N2CCNCC2)C1. The normalized spacial score (nSPS) is 23.2. The topological polar surface area (TPSA) is 36.3 Å². The number of hydrogen-bond donors (Lipinski definition) is 1. The molecule has 0 saturated carbocycles. The third-order valence-corrected chi connectivity index (χ3v) is 4.35. The smallest absolute Gasteiger partial charge is 0.128 e. The molecule has 0 atom stereocenters. The van der Waals surface area contributed by atoms with E-state index in [0.29, 0.717) is 5.15 Å². The second-order valence-corrected chi connectivity index (χ2v) is 5.58. The summed E-state index contributed by atoms with van der Waals surface area (Å²) >= 11 is 5.99. The summed E-state index contributed by atoms with van der Waals surface area (Å²) in [5, 5.41) is 4.11. The molecule has 6 heteroatoms. The summed E-state index contributed by atoms with van der Waals surface area (Å²) < 4.78 is 1.96. The Kier molecular flexibility index (Phi) is 3.56. The van der Waals surface area contributed by atoms with Crippen LogP contribution in [0.5, 0.6) is 0 Å². The fraction of sp³-hybridized carbons (Fsp3) is 0.750. The van der Waals surface area contributed by atoms with Gasteiger partial charge in [-0.3, -0.25) is 9.80 Å². The first-order valence-corrected chi connectivity index (χ1v) is 6.95. The fourth-order valence-electron chi connectivity index (χ4n) is 2.72. The van der Waals surface area contributed by atoms with Crippen LogP contribution in [0.1, 0.15) is 5.82 Å². The summed E-state index contributed by atoms with van der Waals surface area (Å²) in [5.41, 5.74) is 0. The minimum Gasteiger partial charge on any atom is -0.321 e. The Morgan fingerprint density at radius 1 is 1.39 bits per heavy atom. The summed E-state index contributed by atoms with van der Waals surface area (Å²) in [6, 6.07) is 0.739. The predicted octanol–water partition coefficient (Wildman–Crippen LogP) is 0.163. The van der Waals surface area contributed by atoms with Gasteiger partial charge in [0, 0.05) is 52.4 Å². The van der Waals surface area contributed by atoms with Gasteiger partial charge in [0.05, 0.1) is 12.7 Å². The molecular weight excluding hydrogens is 250 g/mol. The average molecular weight is 270 g/mol. The first-order chi connectivity index (χ1) is 8.74. The van der Waals surface area contributed by atoms with E-state index < -0.39 is 0 Å². The van der Waals surface area contributed by atoms with E-state index in [0.717, 1.165) is 44.6 Å². The van der Waals surface area contributed by atoms with E-state index >= 15 is 0 Å². The zero-order valence-electron chi connectivity index (χ0n) is 10.8. The molecule has 1 aromatic heterocycles. The molecular formula is C12H20ClN5. The Hall–Kier alpha value is -0.620. The Morgan fingerprint density at radius 3 is 2.72 bits per heavy atom. The van der Waals surface area contributed by atoms with Gasteiger partial charge in [-0.25, -0.2) is 4.98 Å². The maximum atomic E-state index is 5.99. The van der Waals surface area contributed by atoms with Crippen molar-refractivity contribution in [1.29, 1.82) is 0 Å². The first kappa shape index (κ1) is 12.4. The number of nitrogens with one attached hydrogen (secondary N) is 1. The van der Waals surface area contributed by atoms with Crippen LogP contribution in [-0.2, 0) is 13.6 Å². The van der Waals surface area contributed by atoms with Gasteiger partial charge in [-0.1, -0.05) is 11.6 Å². The van der Waals surface area contributed by atoms with E-state index in [1.807, 2.05) is 11.6 Å². The standard InChI is InChI=1S/C12H20ClN5/c1-16-11(13)6-15-12(16)9-17-7-10(8-17)18-4-2-14-3-5-18/h6,10,14H,2-5,7-9H2,1H3. The molecule has 0 aromatic carbocycles. The highest BCUT2D eigenvalue weighted by Crippen LogP contribution is 2.19. The largest absolute Gasteiger partial charge is 0.321 e. The molecule has 0 unspecified atom stereocenters. The maximum absolute atomic E-state index is 5.99. The van der Waals surface area contributed by atoms with Crippen LogP contribution in [-0.4, -0.2) is 64.7 Å². The quantitative estimate of drug-likeness (QED) is 0.848. The third kappa shape index (κ3) is 2.40. The highest BCUT2D eigenvalue weighted by Gasteiger charge is 2.32. The Labute approximate surface area is 113 Å². The summed E-state index contributed by atoms with van der Waals surface area (Å²) in [4.78, 5) is 9.37. The fourth-order valence-corrected chi connectivity index (χ4v) is 2.87. The third-order valence-electron chi connectivity index (χ3n) is 4.00. The van der Waals surface area contributed by atoms with E-state index in [4.69, 9.17) is 11.6 Å². The van der Waals surface area contributed by atoms with Crippen LogP contribution in [0, 0.1) is 0 Å². The van der Waals surface area contributed by atoms with Gasteiger partial charge in [0.15, 0.2) is 0 Å². The van der Waals surface area contributed by atoms with Gasteiger partial charge in [-0.05, 0) is 0 Å². The lowest BCUT2D eigenvalue weighted by Gasteiger charge is -2.46. The van der Waals surface area contributed by atoms with Gasteiger partial charge in [-0.2, -0.15) is 0 Å². The molecule has 0 amide bonds. The van der Waals surface area contributed by atoms with Crippen LogP contribution >= 0.6 is 11.6 Å². The lowest BCUT2D eigenvalue weighted by atomic mass is 10.1. The molecule has 18 heavy (non-hydrogen) atoms. The number of aromatic nitrogens is 2. The number of likely N-dealkylation sites (tertiary alicyclic amines) is 1. The average Bonchev–Trinajstić information content (AvgIpc) is 2.66. The maximum Gasteiger partial charge on any atom is 0.128 e. The molecule has 2 saturated heterocycles. The molecule has 3 heterocycles. The molecule has 2 aliphatic heterocycles. The van der Waals surface area contributed by atoms with Crippen LogP contribution in [0.25, 0.3) is 0 Å². The molecule has 0 bridgehead atoms. The Morgan fingerprint density at radius 2 is 2.11 bits per heavy atom. The molecule has 3 rings (SSSR count). The monoisotopic (exact) mass is 269 g/mol. The second-order valence-electron chi connectivity index (χ2n) is 5.19. The zero-order valence-corrected chi connectivity index (χ0v) is 11.5. The molecule has 1 N–H and O–H groups in total. The zero-order chi connectivity index (χ0) is 12.5. The summed E-state index contributed by atoms with van der Waals surface area (Å²) in [5.74, 6) is 1.05. The predicted molar refractivity (Wildman–Crippen MR) is 71.7 cm³/mol. The first-order valence-electron chi connectivity index (χ1n) is 6.57. The van der Waals surface area contributed by atoms with Gasteiger partial charge >= 0.3 is 0 Å². The van der Waals surface area contributed by atoms with E-state index in [-0.39, 0.29) is 0 Å². The summed E-state index contributed by atoms with van der Waals surface area (Å²) in [6.45, 7) is 7.86. The van der Waals surface area contributed by atoms with Gasteiger partial charge in [0.1, 0.15) is 11.0 Å². The van der Waals surface area contributed by atoms with Crippen molar-refractivity contribution in [3.8, 4) is 0 Å². The molecule has 100 valence electrons. The lowest BCUT2D eigenvalue weighted by molar-refractivity contribution is 0.0203. The van der Waals surface area contributed by atoms with Crippen molar-refractivity contribution in [3.63, 3.8) is 0 Å². The van der Waals surface area contributed by atoms with Crippen molar-refractivity contribution in [2.45, 2.75) is 12.6 Å². The molecule has 0 radical (unpaired) electrons. The van der Waals surface area contributed by atoms with Crippen LogP contribution in [0.15, 0.2) is 6.20 Å².